The minimum atomic E-state index is -4.76. The highest BCUT2D eigenvalue weighted by Gasteiger charge is 2.32. The van der Waals surface area contributed by atoms with Crippen molar-refractivity contribution in [2.24, 2.45) is 11.7 Å². The molecule has 0 saturated carbocycles. The molecule has 0 heterocycles. The van der Waals surface area contributed by atoms with Gasteiger partial charge in [-0.3, -0.25) is 4.79 Å². The second-order valence-corrected chi connectivity index (χ2v) is 5.98. The van der Waals surface area contributed by atoms with Gasteiger partial charge in [0.2, 0.25) is 5.91 Å². The Bertz CT molecular complexity index is 532. The first-order valence-corrected chi connectivity index (χ1v) is 7.42. The van der Waals surface area contributed by atoms with E-state index in [0.717, 1.165) is 0 Å². The molecule has 0 aliphatic rings. The number of para-hydroxylation sites is 1. The Morgan fingerprint density at radius 2 is 1.91 bits per heavy atom. The van der Waals surface area contributed by atoms with E-state index < -0.39 is 11.9 Å². The molecule has 7 heteroatoms. The molecule has 3 N–H and O–H groups in total. The van der Waals surface area contributed by atoms with E-state index in [1.165, 1.54) is 18.2 Å². The van der Waals surface area contributed by atoms with Crippen LogP contribution in [0.25, 0.3) is 0 Å². The lowest BCUT2D eigenvalue weighted by atomic mass is 9.88. The summed E-state index contributed by atoms with van der Waals surface area (Å²) in [5, 5.41) is 2.85. The molecule has 1 aromatic rings. The number of aryl methyl sites for hydroxylation is 1. The maximum Gasteiger partial charge on any atom is 0.573 e. The Morgan fingerprint density at radius 1 is 1.30 bits per heavy atom. The van der Waals surface area contributed by atoms with Crippen LogP contribution in [0.5, 0.6) is 5.75 Å². The quantitative estimate of drug-likeness (QED) is 0.807. The van der Waals surface area contributed by atoms with Crippen molar-refractivity contribution in [3.63, 3.8) is 0 Å². The summed E-state index contributed by atoms with van der Waals surface area (Å²) in [6.07, 6.45) is -4.55. The number of hydrogen-bond acceptors (Lipinski definition) is 3. The van der Waals surface area contributed by atoms with Crippen LogP contribution in [0.4, 0.5) is 13.2 Å². The van der Waals surface area contributed by atoms with Crippen molar-refractivity contribution in [2.45, 2.75) is 45.5 Å². The molecule has 4 nitrogen and oxygen atoms in total. The predicted molar refractivity (Wildman–Crippen MR) is 81.9 cm³/mol. The van der Waals surface area contributed by atoms with Crippen molar-refractivity contribution >= 4 is 5.91 Å². The molecule has 1 rings (SSSR count). The first-order chi connectivity index (χ1) is 10.6. The van der Waals surface area contributed by atoms with Gasteiger partial charge < -0.3 is 15.8 Å². The fourth-order valence-corrected chi connectivity index (χ4v) is 1.99. The molecule has 0 spiro atoms. The number of carbonyl (C=O) groups excluding carboxylic acids is 1. The largest absolute Gasteiger partial charge is 0.573 e. The third-order valence-electron chi connectivity index (χ3n) is 3.94. The number of halogens is 3. The normalized spacial score (nSPS) is 14.4. The summed E-state index contributed by atoms with van der Waals surface area (Å²) in [5.74, 6) is -0.399. The Kier molecular flexibility index (Phi) is 6.44. The van der Waals surface area contributed by atoms with Gasteiger partial charge in [0, 0.05) is 13.0 Å². The van der Waals surface area contributed by atoms with Crippen LogP contribution in [-0.2, 0) is 11.2 Å². The summed E-state index contributed by atoms with van der Waals surface area (Å²) in [4.78, 5) is 12.1. The van der Waals surface area contributed by atoms with Crippen molar-refractivity contribution in [1.82, 2.24) is 5.32 Å². The molecular formula is C16H23F3N2O2. The maximum absolute atomic E-state index is 12.4. The molecule has 0 saturated heterocycles. The zero-order valence-corrected chi connectivity index (χ0v) is 13.5. The van der Waals surface area contributed by atoms with Crippen molar-refractivity contribution in [1.29, 1.82) is 0 Å². The molecule has 0 radical (unpaired) electrons. The Balaban J connectivity index is 2.70. The van der Waals surface area contributed by atoms with E-state index in [2.05, 4.69) is 10.1 Å². The van der Waals surface area contributed by atoms with E-state index in [1.807, 2.05) is 20.8 Å². The third kappa shape index (κ3) is 6.09. The molecule has 1 amide bonds. The van der Waals surface area contributed by atoms with Crippen LogP contribution in [-0.4, -0.2) is 24.4 Å². The van der Waals surface area contributed by atoms with E-state index in [0.29, 0.717) is 5.56 Å². The second-order valence-electron chi connectivity index (χ2n) is 5.98. The van der Waals surface area contributed by atoms with E-state index in [9.17, 15) is 18.0 Å². The van der Waals surface area contributed by atoms with Crippen LogP contribution >= 0.6 is 0 Å². The van der Waals surface area contributed by atoms with Crippen molar-refractivity contribution in [3.8, 4) is 5.75 Å². The minimum absolute atomic E-state index is 0.0561. The van der Waals surface area contributed by atoms with Gasteiger partial charge in [-0.1, -0.05) is 32.0 Å². The van der Waals surface area contributed by atoms with Gasteiger partial charge in [-0.05, 0) is 30.9 Å². The van der Waals surface area contributed by atoms with Gasteiger partial charge in [0.05, 0.1) is 5.54 Å². The highest BCUT2D eigenvalue weighted by Crippen LogP contribution is 2.27. The maximum atomic E-state index is 12.4. The van der Waals surface area contributed by atoms with E-state index >= 15 is 0 Å². The molecule has 0 bridgehead atoms. The van der Waals surface area contributed by atoms with Crippen molar-refractivity contribution in [3.05, 3.63) is 29.8 Å². The molecule has 23 heavy (non-hydrogen) atoms. The lowest BCUT2D eigenvalue weighted by Crippen LogP contribution is -2.55. The number of hydrogen-bond donors (Lipinski definition) is 2. The van der Waals surface area contributed by atoms with Crippen molar-refractivity contribution < 1.29 is 22.7 Å². The van der Waals surface area contributed by atoms with Crippen LogP contribution in [0.15, 0.2) is 24.3 Å². The van der Waals surface area contributed by atoms with Gasteiger partial charge in [0.25, 0.3) is 0 Å². The van der Waals surface area contributed by atoms with Crippen LogP contribution in [0.2, 0.25) is 0 Å². The third-order valence-corrected chi connectivity index (χ3v) is 3.94. The monoisotopic (exact) mass is 332 g/mol. The molecule has 0 aromatic heterocycles. The summed E-state index contributed by atoms with van der Waals surface area (Å²) in [5.41, 5.74) is 5.49. The summed E-state index contributed by atoms with van der Waals surface area (Å²) in [6, 6.07) is 5.81. The van der Waals surface area contributed by atoms with Crippen molar-refractivity contribution in [2.75, 3.05) is 6.54 Å². The summed E-state index contributed by atoms with van der Waals surface area (Å²) in [7, 11) is 0. The topological polar surface area (TPSA) is 64.3 Å². The van der Waals surface area contributed by atoms with Gasteiger partial charge in [-0.25, -0.2) is 0 Å². The lowest BCUT2D eigenvalue weighted by molar-refractivity contribution is -0.274. The minimum Gasteiger partial charge on any atom is -0.406 e. The highest BCUT2D eigenvalue weighted by molar-refractivity contribution is 5.77. The number of rotatable bonds is 7. The van der Waals surface area contributed by atoms with Gasteiger partial charge in [-0.15, -0.1) is 13.2 Å². The summed E-state index contributed by atoms with van der Waals surface area (Å²) < 4.78 is 41.1. The fourth-order valence-electron chi connectivity index (χ4n) is 1.99. The zero-order valence-electron chi connectivity index (χ0n) is 13.5. The number of alkyl halides is 3. The van der Waals surface area contributed by atoms with Crippen LogP contribution in [0.1, 0.15) is 32.8 Å². The molecule has 130 valence electrons. The number of amides is 1. The first kappa shape index (κ1) is 19.3. The number of nitrogens with two attached hydrogens (primary N) is 1. The molecule has 0 aliphatic carbocycles. The van der Waals surface area contributed by atoms with E-state index in [1.54, 1.807) is 6.07 Å². The molecule has 0 aliphatic heterocycles. The average Bonchev–Trinajstić information content (AvgIpc) is 2.44. The van der Waals surface area contributed by atoms with Crippen LogP contribution < -0.4 is 15.8 Å². The second kappa shape index (κ2) is 7.68. The van der Waals surface area contributed by atoms with Gasteiger partial charge >= 0.3 is 6.36 Å². The Morgan fingerprint density at radius 3 is 2.43 bits per heavy atom. The number of carbonyl (C=O) groups is 1. The van der Waals surface area contributed by atoms with E-state index in [-0.39, 0.29) is 37.0 Å². The van der Waals surface area contributed by atoms with Crippen LogP contribution in [0.3, 0.4) is 0 Å². The average molecular weight is 332 g/mol. The van der Waals surface area contributed by atoms with Crippen LogP contribution in [0, 0.1) is 5.92 Å². The predicted octanol–water partition coefficient (Wildman–Crippen LogP) is 3.01. The van der Waals surface area contributed by atoms with E-state index in [4.69, 9.17) is 5.73 Å². The van der Waals surface area contributed by atoms with Gasteiger partial charge in [0.15, 0.2) is 0 Å². The molecule has 1 atom stereocenters. The van der Waals surface area contributed by atoms with Gasteiger partial charge in [-0.2, -0.15) is 0 Å². The first-order valence-electron chi connectivity index (χ1n) is 7.42. The molecular weight excluding hydrogens is 309 g/mol. The number of nitrogens with one attached hydrogen (secondary N) is 1. The van der Waals surface area contributed by atoms with Gasteiger partial charge in [0.1, 0.15) is 5.75 Å². The summed E-state index contributed by atoms with van der Waals surface area (Å²) >= 11 is 0. The highest BCUT2D eigenvalue weighted by atomic mass is 19.4. The lowest BCUT2D eigenvalue weighted by Gasteiger charge is -2.33. The summed E-state index contributed by atoms with van der Waals surface area (Å²) in [6.45, 7) is 6.01. The Hall–Kier alpha value is -1.76. The Labute approximate surface area is 134 Å². The molecule has 1 unspecified atom stereocenters. The number of benzene rings is 1. The molecule has 1 aromatic carbocycles. The zero-order chi connectivity index (χ0) is 17.7. The smallest absolute Gasteiger partial charge is 0.406 e. The SMILES string of the molecule is CC(C)C(C)(CN)NC(=O)CCc1ccccc1OC(F)(F)F. The number of ether oxygens (including phenoxy) is 1. The fraction of sp³-hybridized carbons (Fsp3) is 0.562. The standard InChI is InChI=1S/C16H23F3N2O2/c1-11(2)15(3,10-20)21-14(22)9-8-12-6-4-5-7-13(12)23-16(17,18)19/h4-7,11H,8-10,20H2,1-3H3,(H,21,22). The molecule has 0 fully saturated rings.